The Morgan fingerprint density at radius 1 is 1.12 bits per heavy atom. The average molecular weight is 366 g/mol. The van der Waals surface area contributed by atoms with E-state index in [0.717, 1.165) is 6.42 Å². The number of rotatable bonds is 8. The Morgan fingerprint density at radius 2 is 1.56 bits per heavy atom. The van der Waals surface area contributed by atoms with Crippen molar-refractivity contribution in [3.63, 3.8) is 0 Å². The topological polar surface area (TPSA) is 128 Å². The van der Waals surface area contributed by atoms with Crippen LogP contribution in [0.15, 0.2) is 0 Å². The fraction of sp³-hybridized carbons (Fsp3) is 0.600. The number of urea groups is 1. The Balaban J connectivity index is -0.000000205. The van der Waals surface area contributed by atoms with Crippen LogP contribution in [0.2, 0.25) is 5.54 Å². The van der Waals surface area contributed by atoms with E-state index in [9.17, 15) is 9.59 Å². The zero-order valence-corrected chi connectivity index (χ0v) is 16.4. The number of carbonyl (C=O) groups excluding carboxylic acids is 1. The molecule has 0 fully saturated rings. The van der Waals surface area contributed by atoms with Gasteiger partial charge in [-0.05, 0) is 12.6 Å². The van der Waals surface area contributed by atoms with E-state index in [2.05, 4.69) is 53.9 Å². The van der Waals surface area contributed by atoms with E-state index in [4.69, 9.17) is 15.0 Å². The van der Waals surface area contributed by atoms with Gasteiger partial charge in [-0.25, -0.2) is 4.79 Å². The van der Waals surface area contributed by atoms with Crippen molar-refractivity contribution in [2.45, 2.75) is 25.3 Å². The van der Waals surface area contributed by atoms with Crippen LogP contribution in [0.3, 0.4) is 0 Å². The summed E-state index contributed by atoms with van der Waals surface area (Å²) < 4.78 is 0. The van der Waals surface area contributed by atoms with E-state index in [-0.39, 0.29) is 43.5 Å². The van der Waals surface area contributed by atoms with Crippen molar-refractivity contribution >= 4 is 28.2 Å². The van der Waals surface area contributed by atoms with Crippen molar-refractivity contribution in [1.29, 1.82) is 0 Å². The quantitative estimate of drug-likeness (QED) is 0.239. The van der Waals surface area contributed by atoms with Gasteiger partial charge in [-0.15, -0.1) is 6.54 Å². The maximum atomic E-state index is 11.1. The van der Waals surface area contributed by atoms with Gasteiger partial charge in [-0.2, -0.15) is 6.42 Å². The molecule has 2 amide bonds. The van der Waals surface area contributed by atoms with Crippen molar-refractivity contribution in [2.75, 3.05) is 26.7 Å². The third-order valence-corrected chi connectivity index (χ3v) is 2.96. The number of nitrogens with one attached hydrogen (secondary N) is 3. The van der Waals surface area contributed by atoms with E-state index in [1.54, 1.807) is 7.05 Å². The number of hydrogen-bond acceptors (Lipinski definition) is 4. The maximum Gasteiger partial charge on any atom is 1.00 e. The number of carboxylic acid groups (broad SMARTS) is 2. The van der Waals surface area contributed by atoms with Gasteiger partial charge in [0.1, 0.15) is 0 Å². The molecule has 0 aliphatic carbocycles. The number of carboxylic acids is 2. The molecule has 3 radical (unpaired) electrons. The third-order valence-electron chi connectivity index (χ3n) is 2.35. The van der Waals surface area contributed by atoms with Crippen molar-refractivity contribution in [2.24, 2.45) is 5.92 Å². The molecular formula is C15H29LiN3O5Si-2. The fourth-order valence-electron chi connectivity index (χ4n) is 1.14. The van der Waals surface area contributed by atoms with Gasteiger partial charge in [-0.3, -0.25) is 16.5 Å². The smallest absolute Gasteiger partial charge is 0.503 e. The summed E-state index contributed by atoms with van der Waals surface area (Å²) in [4.78, 5) is 30.8. The molecule has 2 atom stereocenters. The largest absolute Gasteiger partial charge is 1.00 e. The molecule has 0 aromatic heterocycles. The summed E-state index contributed by atoms with van der Waals surface area (Å²) in [6, 6.07) is -0.355. The zero-order chi connectivity index (χ0) is 19.5. The molecule has 25 heavy (non-hydrogen) atoms. The predicted octanol–water partition coefficient (Wildman–Crippen LogP) is -2.47. The van der Waals surface area contributed by atoms with Crippen LogP contribution in [-0.4, -0.2) is 65.1 Å². The monoisotopic (exact) mass is 366 g/mol. The number of amides is 2. The second-order valence-corrected chi connectivity index (χ2v) is 5.23. The van der Waals surface area contributed by atoms with Gasteiger partial charge in [-0.1, -0.05) is 13.3 Å². The van der Waals surface area contributed by atoms with Gasteiger partial charge in [0, 0.05) is 23.3 Å². The first-order chi connectivity index (χ1) is 11.2. The minimum absolute atomic E-state index is 0. The first kappa shape index (κ1) is 31.6. The average Bonchev–Trinajstić information content (AvgIpc) is 2.50. The Hall–Kier alpha value is -1.15. The second-order valence-electron chi connectivity index (χ2n) is 4.49. The molecule has 0 rings (SSSR count). The molecule has 0 aliphatic rings. The van der Waals surface area contributed by atoms with Crippen LogP contribution in [0, 0.1) is 26.7 Å². The third kappa shape index (κ3) is 28.0. The van der Waals surface area contributed by atoms with Crippen molar-refractivity contribution in [1.82, 2.24) is 16.0 Å². The van der Waals surface area contributed by atoms with Crippen molar-refractivity contribution < 1.29 is 43.5 Å². The molecule has 0 aromatic rings. The Bertz CT molecular complexity index is 343. The van der Waals surface area contributed by atoms with E-state index in [1.807, 2.05) is 0 Å². The minimum Gasteiger partial charge on any atom is -0.503 e. The van der Waals surface area contributed by atoms with Crippen LogP contribution in [-0.2, 0) is 9.59 Å². The van der Waals surface area contributed by atoms with Gasteiger partial charge in [0.05, 0.1) is 5.92 Å². The van der Waals surface area contributed by atoms with Gasteiger partial charge in [0.15, 0.2) is 5.97 Å². The number of unbranched alkanes of at least 4 members (excludes halogenated alkanes) is 1. The summed E-state index contributed by atoms with van der Waals surface area (Å²) in [5, 5.41) is 24.0. The molecule has 5 N–H and O–H groups in total. The predicted molar refractivity (Wildman–Crippen MR) is 94.6 cm³/mol. The summed E-state index contributed by atoms with van der Waals surface area (Å²) in [6.07, 6.45) is 2.28. The molecular weight excluding hydrogens is 337 g/mol. The van der Waals surface area contributed by atoms with Crippen molar-refractivity contribution in [3.05, 3.63) is 20.8 Å². The van der Waals surface area contributed by atoms with Gasteiger partial charge in [0.25, 0.3) is 0 Å². The molecule has 0 bridgehead atoms. The molecule has 0 saturated heterocycles. The molecule has 0 saturated carbocycles. The van der Waals surface area contributed by atoms with E-state index in [1.165, 1.54) is 6.42 Å². The first-order valence-corrected chi connectivity index (χ1v) is 7.99. The Kier molecular flexibility index (Phi) is 28.9. The SMILES string of the molecule is [CH2-]C(=O)O.[CH2-]CCC.[CH2-]CNC(=O)NCC([Si])[C@H](CNC)C(=O)O.[Li+]. The Labute approximate surface area is 166 Å². The van der Waals surface area contributed by atoms with Crippen LogP contribution < -0.4 is 34.8 Å². The maximum absolute atomic E-state index is 11.1. The summed E-state index contributed by atoms with van der Waals surface area (Å²) in [6.45, 7) is 12.6. The second kappa shape index (κ2) is 22.9. The molecule has 0 aliphatic heterocycles. The standard InChI is InChI=1S/C9H17N3O3Si.C4H9.C2H3O2.Li/c1-3-11-9(15)12-5-7(16)6(4-10-2)8(13)14;1-3-4-2;1-2(3)4;/h6-7,10H,1,3-5H2,2H3,(H,13,14)(H2,11,12,15);1,3-4H2,2H3;1H2,(H,3,4);/q3*-1;+1/t6-,7?;;;/m0.../s1. The Morgan fingerprint density at radius 3 is 1.84 bits per heavy atom. The van der Waals surface area contributed by atoms with Crippen LogP contribution in [0.5, 0.6) is 0 Å². The van der Waals surface area contributed by atoms with Gasteiger partial charge < -0.3 is 40.0 Å². The summed E-state index contributed by atoms with van der Waals surface area (Å²) in [5.41, 5.74) is -0.333. The van der Waals surface area contributed by atoms with Crippen LogP contribution in [0.25, 0.3) is 0 Å². The molecule has 0 spiro atoms. The summed E-state index contributed by atoms with van der Waals surface area (Å²) in [7, 11) is 4.98. The van der Waals surface area contributed by atoms with Crippen LogP contribution >= 0.6 is 0 Å². The first-order valence-electron chi connectivity index (χ1n) is 7.41. The fourth-order valence-corrected chi connectivity index (χ4v) is 1.51. The molecule has 0 aromatic carbocycles. The van der Waals surface area contributed by atoms with Crippen LogP contribution in [0.4, 0.5) is 4.79 Å². The van der Waals surface area contributed by atoms with E-state index >= 15 is 0 Å². The van der Waals surface area contributed by atoms with Gasteiger partial charge >= 0.3 is 30.9 Å². The van der Waals surface area contributed by atoms with E-state index < -0.39 is 17.9 Å². The molecule has 0 heterocycles. The van der Waals surface area contributed by atoms with Gasteiger partial charge in [0.2, 0.25) is 0 Å². The molecule has 10 heteroatoms. The normalized spacial score (nSPS) is 11.1. The summed E-state index contributed by atoms with van der Waals surface area (Å²) in [5.74, 6) is -2.59. The molecule has 1 unspecified atom stereocenters. The number of carbonyl (C=O) groups is 3. The molecule has 141 valence electrons. The molecule has 8 nitrogen and oxygen atoms in total. The van der Waals surface area contributed by atoms with Crippen LogP contribution in [0.1, 0.15) is 19.8 Å². The summed E-state index contributed by atoms with van der Waals surface area (Å²) >= 11 is 0. The van der Waals surface area contributed by atoms with E-state index in [0.29, 0.717) is 6.54 Å². The minimum atomic E-state index is -1.08. The zero-order valence-electron chi connectivity index (χ0n) is 15.4. The van der Waals surface area contributed by atoms with Crippen molar-refractivity contribution in [3.8, 4) is 0 Å². The number of aliphatic carboxylic acids is 2. The number of hydrogen-bond donors (Lipinski definition) is 5.